The van der Waals surface area contributed by atoms with Crippen LogP contribution in [0.4, 0.5) is 0 Å². The van der Waals surface area contributed by atoms with Crippen LogP contribution in [0.1, 0.15) is 24.5 Å². The zero-order valence-corrected chi connectivity index (χ0v) is 20.5. The van der Waals surface area contributed by atoms with E-state index in [1.807, 2.05) is 36.4 Å². The molecular formula is C22H28BrN2O5P. The summed E-state index contributed by atoms with van der Waals surface area (Å²) in [6.45, 7) is 3.46. The molecule has 0 atom stereocenters. The van der Waals surface area contributed by atoms with Crippen LogP contribution in [0.25, 0.3) is 10.9 Å². The van der Waals surface area contributed by atoms with Crippen molar-refractivity contribution < 1.29 is 23.1 Å². The van der Waals surface area contributed by atoms with Gasteiger partial charge in [0.05, 0.1) is 17.6 Å². The van der Waals surface area contributed by atoms with Crippen LogP contribution >= 0.6 is 24.2 Å². The molecule has 0 unspecified atom stereocenters. The molecule has 1 heterocycles. The summed E-state index contributed by atoms with van der Waals surface area (Å²) in [5.74, 6) is 0.462. The lowest BCUT2D eigenvalue weighted by atomic mass is 10.1. The molecule has 0 saturated carbocycles. The summed E-state index contributed by atoms with van der Waals surface area (Å²) in [5.41, 5.74) is 8.61. The molecule has 0 bridgehead atoms. The molecule has 3 aromatic rings. The van der Waals surface area contributed by atoms with Gasteiger partial charge in [-0.1, -0.05) is 37.3 Å². The fourth-order valence-electron chi connectivity index (χ4n) is 3.03. The molecule has 3 rings (SSSR count). The molecule has 1 aromatic heterocycles. The second-order valence-corrected chi connectivity index (χ2v) is 8.74. The van der Waals surface area contributed by atoms with E-state index in [0.29, 0.717) is 13.2 Å². The Bertz CT molecular complexity index is 1020. The molecule has 31 heavy (non-hydrogen) atoms. The highest BCUT2D eigenvalue weighted by molar-refractivity contribution is 9.10. The van der Waals surface area contributed by atoms with Gasteiger partial charge in [-0.2, -0.15) is 0 Å². The Balaban J connectivity index is 0.000000501. The first-order valence-corrected chi connectivity index (χ1v) is 11.8. The van der Waals surface area contributed by atoms with Crippen molar-refractivity contribution in [2.75, 3.05) is 20.8 Å². The van der Waals surface area contributed by atoms with Gasteiger partial charge in [0.25, 0.3) is 0 Å². The third kappa shape index (κ3) is 7.21. The third-order valence-corrected chi connectivity index (χ3v) is 5.98. The van der Waals surface area contributed by atoms with E-state index in [2.05, 4.69) is 48.6 Å². The van der Waals surface area contributed by atoms with Crippen molar-refractivity contribution in [1.29, 1.82) is 0 Å². The van der Waals surface area contributed by atoms with Crippen LogP contribution in [0.3, 0.4) is 0 Å². The Labute approximate surface area is 191 Å². The van der Waals surface area contributed by atoms with Gasteiger partial charge in [-0.25, -0.2) is 0 Å². The Kier molecular flexibility index (Phi) is 10.3. The lowest BCUT2D eigenvalue weighted by molar-refractivity contribution is -0.117. The fourth-order valence-corrected chi connectivity index (χ4v) is 3.86. The summed E-state index contributed by atoms with van der Waals surface area (Å²) in [5, 5.41) is 0.996. The van der Waals surface area contributed by atoms with Crippen LogP contribution in [0, 0.1) is 0 Å². The van der Waals surface area contributed by atoms with Gasteiger partial charge in [-0.3, -0.25) is 9.36 Å². The first-order chi connectivity index (χ1) is 14.9. The summed E-state index contributed by atoms with van der Waals surface area (Å²) in [7, 11) is 0.558. The number of aromatic nitrogens is 1. The fraction of sp³-hybridized carbons (Fsp3) is 0.318. The monoisotopic (exact) mass is 510 g/mol. The highest BCUT2D eigenvalue weighted by Crippen LogP contribution is 2.34. The molecule has 0 saturated heterocycles. The molecule has 2 N–H and O–H groups in total. The van der Waals surface area contributed by atoms with Crippen molar-refractivity contribution in [3.05, 3.63) is 64.3 Å². The summed E-state index contributed by atoms with van der Waals surface area (Å²) in [6.07, 6.45) is 1.14. The zero-order chi connectivity index (χ0) is 22.8. The standard InChI is InChI=1S/C20H21BrN2O2.C2H7O3P/c1-2-10-25-15-8-9-18-16(11-15)17(12-19(22)24)20(21)23(18)13-14-6-4-3-5-7-14;1-4-6(3)5-2/h3-9,11H,2,10,12-13H2,1H3,(H2,22,24);6H,1-2H3. The van der Waals surface area contributed by atoms with E-state index in [-0.39, 0.29) is 12.3 Å². The van der Waals surface area contributed by atoms with Crippen LogP contribution in [0.2, 0.25) is 0 Å². The predicted molar refractivity (Wildman–Crippen MR) is 127 cm³/mol. The highest BCUT2D eigenvalue weighted by Gasteiger charge is 2.18. The molecule has 0 spiro atoms. The normalized spacial score (nSPS) is 10.7. The number of carbonyl (C=O) groups excluding carboxylic acids is 1. The van der Waals surface area contributed by atoms with E-state index in [1.165, 1.54) is 19.8 Å². The van der Waals surface area contributed by atoms with E-state index in [1.54, 1.807) is 0 Å². The van der Waals surface area contributed by atoms with Gasteiger partial charge in [0, 0.05) is 37.2 Å². The van der Waals surface area contributed by atoms with E-state index >= 15 is 0 Å². The number of hydrogen-bond donors (Lipinski definition) is 1. The van der Waals surface area contributed by atoms with Gasteiger partial charge in [0.15, 0.2) is 0 Å². The van der Waals surface area contributed by atoms with Gasteiger partial charge in [0.1, 0.15) is 5.75 Å². The van der Waals surface area contributed by atoms with Crippen LogP contribution in [0.5, 0.6) is 5.75 Å². The average Bonchev–Trinajstić information content (AvgIpc) is 3.03. The largest absolute Gasteiger partial charge is 0.494 e. The lowest BCUT2D eigenvalue weighted by Gasteiger charge is -2.09. The second kappa shape index (κ2) is 12.7. The number of nitrogens with zero attached hydrogens (tertiary/aromatic N) is 1. The number of amides is 1. The maximum absolute atomic E-state index is 11.6. The van der Waals surface area contributed by atoms with Crippen molar-refractivity contribution in [3.63, 3.8) is 0 Å². The van der Waals surface area contributed by atoms with Crippen molar-refractivity contribution in [2.45, 2.75) is 26.3 Å². The summed E-state index contributed by atoms with van der Waals surface area (Å²) < 4.78 is 27.2. The summed E-state index contributed by atoms with van der Waals surface area (Å²) >= 11 is 3.67. The van der Waals surface area contributed by atoms with E-state index in [4.69, 9.17) is 10.5 Å². The summed E-state index contributed by atoms with van der Waals surface area (Å²) in [6, 6.07) is 16.2. The van der Waals surface area contributed by atoms with Gasteiger partial charge in [-0.05, 0) is 46.1 Å². The topological polar surface area (TPSA) is 92.8 Å². The Morgan fingerprint density at radius 2 is 1.81 bits per heavy atom. The maximum Gasteiger partial charge on any atom is 0.318 e. The number of benzene rings is 2. The van der Waals surface area contributed by atoms with Crippen molar-refractivity contribution in [1.82, 2.24) is 4.57 Å². The number of hydrogen-bond acceptors (Lipinski definition) is 5. The number of primary amides is 1. The molecule has 1 amide bonds. The Morgan fingerprint density at radius 3 is 2.35 bits per heavy atom. The van der Waals surface area contributed by atoms with Crippen LogP contribution in [0.15, 0.2) is 53.1 Å². The van der Waals surface area contributed by atoms with Crippen molar-refractivity contribution >= 4 is 41.0 Å². The lowest BCUT2D eigenvalue weighted by Crippen LogP contribution is -2.14. The van der Waals surface area contributed by atoms with E-state index in [0.717, 1.165) is 33.2 Å². The number of ether oxygens (including phenoxy) is 1. The molecule has 0 aliphatic heterocycles. The van der Waals surface area contributed by atoms with Crippen LogP contribution in [-0.2, 0) is 31.4 Å². The third-order valence-electron chi connectivity index (χ3n) is 4.41. The molecule has 0 aliphatic rings. The van der Waals surface area contributed by atoms with Gasteiger partial charge in [-0.15, -0.1) is 0 Å². The summed E-state index contributed by atoms with van der Waals surface area (Å²) in [4.78, 5) is 11.6. The molecule has 0 fully saturated rings. The highest BCUT2D eigenvalue weighted by atomic mass is 79.9. The van der Waals surface area contributed by atoms with Crippen molar-refractivity contribution in [3.8, 4) is 5.75 Å². The Hall–Kier alpha value is -2.12. The van der Waals surface area contributed by atoms with Crippen LogP contribution in [-0.4, -0.2) is 31.3 Å². The molecule has 0 aliphatic carbocycles. The van der Waals surface area contributed by atoms with E-state index in [9.17, 15) is 9.36 Å². The molecular weight excluding hydrogens is 483 g/mol. The van der Waals surface area contributed by atoms with Gasteiger partial charge >= 0.3 is 8.25 Å². The maximum atomic E-state index is 11.6. The minimum Gasteiger partial charge on any atom is -0.494 e. The van der Waals surface area contributed by atoms with Gasteiger partial charge < -0.3 is 24.1 Å². The number of fused-ring (bicyclic) bond motifs is 1. The number of carbonyl (C=O) groups is 1. The smallest absolute Gasteiger partial charge is 0.318 e. The molecule has 168 valence electrons. The first-order valence-electron chi connectivity index (χ1n) is 9.78. The number of halogens is 1. The Morgan fingerprint density at radius 1 is 1.13 bits per heavy atom. The average molecular weight is 511 g/mol. The van der Waals surface area contributed by atoms with E-state index < -0.39 is 8.25 Å². The van der Waals surface area contributed by atoms with Crippen molar-refractivity contribution in [2.24, 2.45) is 5.73 Å². The minimum atomic E-state index is -2.12. The van der Waals surface area contributed by atoms with Crippen LogP contribution < -0.4 is 10.5 Å². The number of nitrogens with two attached hydrogens (primary N) is 1. The molecule has 0 radical (unpaired) electrons. The number of rotatable bonds is 9. The molecule has 7 nitrogen and oxygen atoms in total. The van der Waals surface area contributed by atoms with Gasteiger partial charge in [0.2, 0.25) is 5.91 Å². The predicted octanol–water partition coefficient (Wildman–Crippen LogP) is 4.94. The minimum absolute atomic E-state index is 0.191. The molecule has 2 aromatic carbocycles. The quantitative estimate of drug-likeness (QED) is 0.411. The molecule has 9 heteroatoms. The zero-order valence-electron chi connectivity index (χ0n) is 17.9. The SMILES string of the molecule is CCCOc1ccc2c(c1)c(CC(N)=O)c(Br)n2Cc1ccccc1.CO[PH](=O)OC. The first kappa shape index (κ1) is 25.1. The second-order valence-electron chi connectivity index (χ2n) is 6.67.